The molecular formula is C22H21FN6O. The Morgan fingerprint density at radius 3 is 2.80 bits per heavy atom. The number of halogens is 1. The molecule has 1 aliphatic heterocycles. The van der Waals surface area contributed by atoms with E-state index in [1.54, 1.807) is 35.3 Å². The number of carbonyl (C=O) groups is 1. The molecule has 0 saturated carbocycles. The Labute approximate surface area is 172 Å². The number of rotatable bonds is 4. The van der Waals surface area contributed by atoms with E-state index in [0.29, 0.717) is 25.3 Å². The predicted molar refractivity (Wildman–Crippen MR) is 110 cm³/mol. The van der Waals surface area contributed by atoms with Gasteiger partial charge in [-0.15, -0.1) is 0 Å². The van der Waals surface area contributed by atoms with Gasteiger partial charge >= 0.3 is 0 Å². The Bertz CT molecular complexity index is 1210. The van der Waals surface area contributed by atoms with Crippen molar-refractivity contribution in [1.82, 2.24) is 29.2 Å². The molecule has 1 unspecified atom stereocenters. The van der Waals surface area contributed by atoms with Crippen LogP contribution in [0.4, 0.5) is 4.39 Å². The number of aromatic nitrogens is 5. The second kappa shape index (κ2) is 7.37. The molecule has 1 saturated heterocycles. The summed E-state index contributed by atoms with van der Waals surface area (Å²) in [5.74, 6) is 0.434. The monoisotopic (exact) mass is 404 g/mol. The zero-order valence-corrected chi connectivity index (χ0v) is 16.6. The standard InChI is InChI=1S/C22H21FN6O/c1-2-28-19(9-12-25-28)22(30)27-13-10-17(14-27)29-20(15-5-7-16(23)8-6-15)26-18-4-3-11-24-21(18)29/h3-9,11-12,17H,2,10,13-14H2,1H3. The Hall–Kier alpha value is -3.55. The van der Waals surface area contributed by atoms with Crippen LogP contribution in [0.3, 0.4) is 0 Å². The van der Waals surface area contributed by atoms with E-state index in [9.17, 15) is 9.18 Å². The van der Waals surface area contributed by atoms with Crippen molar-refractivity contribution in [3.05, 3.63) is 66.4 Å². The van der Waals surface area contributed by atoms with Crippen LogP contribution in [0.2, 0.25) is 0 Å². The second-order valence-electron chi connectivity index (χ2n) is 7.38. The number of carbonyl (C=O) groups excluding carboxylic acids is 1. The summed E-state index contributed by atoms with van der Waals surface area (Å²) in [5, 5.41) is 4.21. The van der Waals surface area contributed by atoms with E-state index in [0.717, 1.165) is 29.0 Å². The summed E-state index contributed by atoms with van der Waals surface area (Å²) in [7, 11) is 0. The number of hydrogen-bond donors (Lipinski definition) is 0. The van der Waals surface area contributed by atoms with Gasteiger partial charge in [-0.2, -0.15) is 5.10 Å². The fourth-order valence-corrected chi connectivity index (χ4v) is 4.14. The van der Waals surface area contributed by atoms with E-state index in [1.807, 2.05) is 24.0 Å². The minimum Gasteiger partial charge on any atom is -0.335 e. The Morgan fingerprint density at radius 1 is 1.17 bits per heavy atom. The molecule has 1 aromatic carbocycles. The predicted octanol–water partition coefficient (Wildman–Crippen LogP) is 3.54. The van der Waals surface area contributed by atoms with Crippen LogP contribution < -0.4 is 0 Å². The summed E-state index contributed by atoms with van der Waals surface area (Å²) in [4.78, 5) is 24.2. The number of aryl methyl sites for hydroxylation is 1. The maximum absolute atomic E-state index is 13.5. The third-order valence-electron chi connectivity index (χ3n) is 5.60. The number of fused-ring (bicyclic) bond motifs is 1. The summed E-state index contributed by atoms with van der Waals surface area (Å²) >= 11 is 0. The minimum atomic E-state index is -0.287. The molecule has 0 spiro atoms. The first-order valence-corrected chi connectivity index (χ1v) is 10.1. The van der Waals surface area contributed by atoms with E-state index >= 15 is 0 Å². The van der Waals surface area contributed by atoms with E-state index in [2.05, 4.69) is 14.6 Å². The first kappa shape index (κ1) is 18.5. The van der Waals surface area contributed by atoms with Crippen LogP contribution >= 0.6 is 0 Å². The van der Waals surface area contributed by atoms with Gasteiger partial charge in [0.15, 0.2) is 5.65 Å². The largest absolute Gasteiger partial charge is 0.335 e. The van der Waals surface area contributed by atoms with Crippen LogP contribution in [0, 0.1) is 5.82 Å². The van der Waals surface area contributed by atoms with Crippen molar-refractivity contribution in [3.63, 3.8) is 0 Å². The molecule has 8 heteroatoms. The quantitative estimate of drug-likeness (QED) is 0.522. The van der Waals surface area contributed by atoms with Crippen molar-refractivity contribution in [3.8, 4) is 11.4 Å². The van der Waals surface area contributed by atoms with Gasteiger partial charge in [0.25, 0.3) is 5.91 Å². The normalized spacial score (nSPS) is 16.5. The summed E-state index contributed by atoms with van der Waals surface area (Å²) in [6, 6.07) is 11.9. The lowest BCUT2D eigenvalue weighted by molar-refractivity contribution is 0.0775. The Kier molecular flexibility index (Phi) is 4.54. The highest BCUT2D eigenvalue weighted by atomic mass is 19.1. The van der Waals surface area contributed by atoms with Gasteiger partial charge < -0.3 is 9.47 Å². The third kappa shape index (κ3) is 3.04. The van der Waals surface area contributed by atoms with Gasteiger partial charge in [-0.25, -0.2) is 14.4 Å². The topological polar surface area (TPSA) is 68.8 Å². The highest BCUT2D eigenvalue weighted by Crippen LogP contribution is 2.32. The minimum absolute atomic E-state index is 0.0161. The van der Waals surface area contributed by atoms with Crippen molar-refractivity contribution in [2.24, 2.45) is 0 Å². The Morgan fingerprint density at radius 2 is 2.00 bits per heavy atom. The Balaban J connectivity index is 1.51. The smallest absolute Gasteiger partial charge is 0.272 e. The van der Waals surface area contributed by atoms with Crippen LogP contribution in [0.5, 0.6) is 0 Å². The summed E-state index contributed by atoms with van der Waals surface area (Å²) in [6.45, 7) is 3.82. The molecule has 0 radical (unpaired) electrons. The van der Waals surface area contributed by atoms with E-state index in [4.69, 9.17) is 4.98 Å². The molecule has 152 valence electrons. The number of imidazole rings is 1. The molecular weight excluding hydrogens is 383 g/mol. The van der Waals surface area contributed by atoms with E-state index in [-0.39, 0.29) is 17.8 Å². The number of hydrogen-bond acceptors (Lipinski definition) is 4. The van der Waals surface area contributed by atoms with Crippen LogP contribution in [0.25, 0.3) is 22.6 Å². The van der Waals surface area contributed by atoms with Crippen LogP contribution in [0.15, 0.2) is 54.9 Å². The SMILES string of the molecule is CCn1nccc1C(=O)N1CCC(n2c(-c3ccc(F)cc3)nc3cccnc32)C1. The van der Waals surface area contributed by atoms with Crippen LogP contribution in [-0.4, -0.2) is 48.2 Å². The first-order chi connectivity index (χ1) is 14.7. The average Bonchev–Trinajstić information content (AvgIpc) is 3.50. The zero-order valence-electron chi connectivity index (χ0n) is 16.6. The maximum Gasteiger partial charge on any atom is 0.272 e. The van der Waals surface area contributed by atoms with Gasteiger partial charge in [0.05, 0.1) is 6.04 Å². The highest BCUT2D eigenvalue weighted by Gasteiger charge is 2.32. The lowest BCUT2D eigenvalue weighted by Gasteiger charge is -2.19. The molecule has 0 aliphatic carbocycles. The molecule has 30 heavy (non-hydrogen) atoms. The molecule has 0 bridgehead atoms. The third-order valence-corrected chi connectivity index (χ3v) is 5.60. The second-order valence-corrected chi connectivity index (χ2v) is 7.38. The molecule has 4 heterocycles. The van der Waals surface area contributed by atoms with Gasteiger partial charge in [-0.1, -0.05) is 0 Å². The fourth-order valence-electron chi connectivity index (χ4n) is 4.14. The number of pyridine rings is 1. The van der Waals surface area contributed by atoms with E-state index in [1.165, 1.54) is 12.1 Å². The number of likely N-dealkylation sites (tertiary alicyclic amines) is 1. The van der Waals surface area contributed by atoms with Gasteiger partial charge in [0.1, 0.15) is 22.9 Å². The molecule has 4 aromatic rings. The van der Waals surface area contributed by atoms with Gasteiger partial charge in [0.2, 0.25) is 0 Å². The summed E-state index contributed by atoms with van der Waals surface area (Å²) in [6.07, 6.45) is 4.19. The summed E-state index contributed by atoms with van der Waals surface area (Å²) in [5.41, 5.74) is 2.98. The molecule has 0 N–H and O–H groups in total. The average molecular weight is 404 g/mol. The molecule has 5 rings (SSSR count). The molecule has 7 nitrogen and oxygen atoms in total. The number of benzene rings is 1. The highest BCUT2D eigenvalue weighted by molar-refractivity contribution is 5.92. The zero-order chi connectivity index (χ0) is 20.7. The van der Waals surface area contributed by atoms with Crippen molar-refractivity contribution < 1.29 is 9.18 Å². The van der Waals surface area contributed by atoms with Crippen molar-refractivity contribution in [1.29, 1.82) is 0 Å². The van der Waals surface area contributed by atoms with Crippen molar-refractivity contribution in [2.45, 2.75) is 25.9 Å². The maximum atomic E-state index is 13.5. The molecule has 1 amide bonds. The lowest BCUT2D eigenvalue weighted by atomic mass is 10.2. The molecule has 1 fully saturated rings. The summed E-state index contributed by atoms with van der Waals surface area (Å²) < 4.78 is 17.3. The fraction of sp³-hybridized carbons (Fsp3) is 0.273. The van der Waals surface area contributed by atoms with Crippen molar-refractivity contribution in [2.75, 3.05) is 13.1 Å². The van der Waals surface area contributed by atoms with Crippen molar-refractivity contribution >= 4 is 17.1 Å². The van der Waals surface area contributed by atoms with Crippen LogP contribution in [-0.2, 0) is 6.54 Å². The number of nitrogens with zero attached hydrogens (tertiary/aromatic N) is 6. The van der Waals surface area contributed by atoms with Gasteiger partial charge in [0, 0.05) is 37.6 Å². The van der Waals surface area contributed by atoms with Gasteiger partial charge in [-0.05, 0) is 55.8 Å². The van der Waals surface area contributed by atoms with E-state index < -0.39 is 0 Å². The number of amides is 1. The molecule has 3 aromatic heterocycles. The first-order valence-electron chi connectivity index (χ1n) is 10.1. The van der Waals surface area contributed by atoms with Gasteiger partial charge in [-0.3, -0.25) is 9.48 Å². The lowest BCUT2D eigenvalue weighted by Crippen LogP contribution is -2.31. The van der Waals surface area contributed by atoms with Crippen LogP contribution in [0.1, 0.15) is 29.9 Å². The molecule has 1 atom stereocenters. The molecule has 1 aliphatic rings.